The fraction of sp³-hybridized carbons (Fsp3) is 0.562. The van der Waals surface area contributed by atoms with Crippen molar-refractivity contribution in [3.8, 4) is 0 Å². The van der Waals surface area contributed by atoms with E-state index in [1.54, 1.807) is 0 Å². The van der Waals surface area contributed by atoms with E-state index in [9.17, 15) is 28.4 Å². The molecule has 3 atom stereocenters. The van der Waals surface area contributed by atoms with Gasteiger partial charge in [-0.25, -0.2) is 8.42 Å². The Balaban J connectivity index is 2.19. The average Bonchev–Trinajstić information content (AvgIpc) is 2.98. The third-order valence-electron chi connectivity index (χ3n) is 4.05. The van der Waals surface area contributed by atoms with Gasteiger partial charge in [0.25, 0.3) is 5.69 Å². The van der Waals surface area contributed by atoms with Crippen LogP contribution < -0.4 is 10.0 Å². The smallest absolute Gasteiger partial charge is 0.270 e. The number of aliphatic hydroxyl groups excluding tert-OH is 1. The number of nitrogens with one attached hydrogen (secondary N) is 2. The van der Waals surface area contributed by atoms with Crippen molar-refractivity contribution in [2.24, 2.45) is 5.92 Å². The van der Waals surface area contributed by atoms with Crippen molar-refractivity contribution in [3.63, 3.8) is 0 Å². The molecule has 1 fully saturated rings. The van der Waals surface area contributed by atoms with Gasteiger partial charge in [-0.05, 0) is 24.8 Å². The number of hydrogen-bond acceptors (Lipinski definition) is 7. The summed E-state index contributed by atoms with van der Waals surface area (Å²) < 4.78 is 32.5. The van der Waals surface area contributed by atoms with Crippen molar-refractivity contribution in [1.29, 1.82) is 0 Å². The quantitative estimate of drug-likeness (QED) is 0.424. The lowest BCUT2D eigenvalue weighted by Crippen LogP contribution is -2.51. The molecule has 0 radical (unpaired) electrons. The zero-order valence-electron chi connectivity index (χ0n) is 15.0. The summed E-state index contributed by atoms with van der Waals surface area (Å²) in [4.78, 5) is 22.4. The summed E-state index contributed by atoms with van der Waals surface area (Å²) in [6, 6.07) is 2.88. The number of amides is 1. The maximum atomic E-state index is 12.6. The van der Waals surface area contributed by atoms with Gasteiger partial charge in [-0.3, -0.25) is 14.9 Å². The van der Waals surface area contributed by atoms with Crippen LogP contribution in [0.15, 0.2) is 29.2 Å². The minimum atomic E-state index is -4.16. The zero-order chi connectivity index (χ0) is 20.2. The Morgan fingerprint density at radius 3 is 2.70 bits per heavy atom. The monoisotopic (exact) mass is 401 g/mol. The first-order valence-corrected chi connectivity index (χ1v) is 9.95. The van der Waals surface area contributed by atoms with Crippen molar-refractivity contribution in [1.82, 2.24) is 10.0 Å². The molecule has 0 spiro atoms. The zero-order valence-corrected chi connectivity index (χ0v) is 15.8. The van der Waals surface area contributed by atoms with Gasteiger partial charge in [0.2, 0.25) is 15.9 Å². The van der Waals surface area contributed by atoms with Gasteiger partial charge in [0, 0.05) is 12.1 Å². The van der Waals surface area contributed by atoms with Crippen LogP contribution in [0.3, 0.4) is 0 Å². The topological polar surface area (TPSA) is 148 Å². The molecule has 150 valence electrons. The molecule has 0 saturated carbocycles. The van der Waals surface area contributed by atoms with Crippen LogP contribution in [0, 0.1) is 16.0 Å². The lowest BCUT2D eigenvalue weighted by atomic mass is 10.0. The van der Waals surface area contributed by atoms with E-state index in [-0.39, 0.29) is 22.9 Å². The second-order valence-corrected chi connectivity index (χ2v) is 8.44. The molecule has 0 bridgehead atoms. The highest BCUT2D eigenvalue weighted by molar-refractivity contribution is 7.89. The summed E-state index contributed by atoms with van der Waals surface area (Å²) in [5.74, 6) is -0.592. The molecular weight excluding hydrogens is 378 g/mol. The second kappa shape index (κ2) is 8.74. The minimum absolute atomic E-state index is 0.00156. The number of aliphatic hydroxyl groups is 1. The van der Waals surface area contributed by atoms with Gasteiger partial charge >= 0.3 is 0 Å². The Labute approximate surface area is 157 Å². The molecule has 3 unspecified atom stereocenters. The molecular formula is C16H23N3O7S. The van der Waals surface area contributed by atoms with E-state index in [1.165, 1.54) is 18.2 Å². The summed E-state index contributed by atoms with van der Waals surface area (Å²) in [6.07, 6.45) is -0.509. The maximum Gasteiger partial charge on any atom is 0.270 e. The molecule has 3 N–H and O–H groups in total. The fourth-order valence-corrected chi connectivity index (χ4v) is 3.95. The summed E-state index contributed by atoms with van der Waals surface area (Å²) in [5.41, 5.74) is -0.367. The van der Waals surface area contributed by atoms with Crippen LogP contribution in [0.4, 0.5) is 5.69 Å². The first kappa shape index (κ1) is 21.2. The van der Waals surface area contributed by atoms with Gasteiger partial charge in [0.1, 0.15) is 6.04 Å². The SMILES string of the molecule is CC(C)CC(NS(=O)(=O)c1cccc([N+](=O)[O-])c1)C(=O)NC1CCOC1O. The van der Waals surface area contributed by atoms with Crippen molar-refractivity contribution < 1.29 is 28.0 Å². The first-order chi connectivity index (χ1) is 12.6. The predicted molar refractivity (Wildman–Crippen MR) is 95.2 cm³/mol. The number of nitro benzene ring substituents is 1. The van der Waals surface area contributed by atoms with Crippen molar-refractivity contribution in [2.75, 3.05) is 6.61 Å². The largest absolute Gasteiger partial charge is 0.366 e. The van der Waals surface area contributed by atoms with E-state index in [2.05, 4.69) is 10.0 Å². The van der Waals surface area contributed by atoms with E-state index < -0.39 is 39.2 Å². The van der Waals surface area contributed by atoms with Crippen LogP contribution in [-0.2, 0) is 19.6 Å². The van der Waals surface area contributed by atoms with E-state index in [0.29, 0.717) is 13.0 Å². The first-order valence-electron chi connectivity index (χ1n) is 8.47. The molecule has 11 heteroatoms. The van der Waals surface area contributed by atoms with Crippen LogP contribution in [0.2, 0.25) is 0 Å². The number of carbonyl (C=O) groups excluding carboxylic acids is 1. The molecule has 1 aromatic carbocycles. The van der Waals surface area contributed by atoms with Gasteiger partial charge in [-0.1, -0.05) is 19.9 Å². The van der Waals surface area contributed by atoms with Crippen molar-refractivity contribution in [3.05, 3.63) is 34.4 Å². The highest BCUT2D eigenvalue weighted by atomic mass is 32.2. The molecule has 1 saturated heterocycles. The predicted octanol–water partition coefficient (Wildman–Crippen LogP) is 0.511. The summed E-state index contributed by atoms with van der Waals surface area (Å²) in [5, 5.41) is 23.1. The van der Waals surface area contributed by atoms with Crippen LogP contribution in [0.1, 0.15) is 26.7 Å². The Morgan fingerprint density at radius 2 is 2.15 bits per heavy atom. The molecule has 1 aliphatic rings. The lowest BCUT2D eigenvalue weighted by Gasteiger charge is -2.23. The number of ether oxygens (including phenoxy) is 1. The lowest BCUT2D eigenvalue weighted by molar-refractivity contribution is -0.385. The number of benzene rings is 1. The minimum Gasteiger partial charge on any atom is -0.366 e. The van der Waals surface area contributed by atoms with E-state index in [1.807, 2.05) is 13.8 Å². The Kier molecular flexibility index (Phi) is 6.87. The van der Waals surface area contributed by atoms with Gasteiger partial charge in [0.05, 0.1) is 22.5 Å². The molecule has 27 heavy (non-hydrogen) atoms. The third kappa shape index (κ3) is 5.70. The Morgan fingerprint density at radius 1 is 1.44 bits per heavy atom. The molecule has 1 aromatic rings. The highest BCUT2D eigenvalue weighted by Crippen LogP contribution is 2.19. The van der Waals surface area contributed by atoms with E-state index in [4.69, 9.17) is 4.74 Å². The Hall–Kier alpha value is -2.08. The number of carbonyl (C=O) groups is 1. The molecule has 0 aromatic heterocycles. The van der Waals surface area contributed by atoms with Gasteiger partial charge in [-0.2, -0.15) is 4.72 Å². The molecule has 1 aliphatic heterocycles. The highest BCUT2D eigenvalue weighted by Gasteiger charge is 2.32. The normalized spacial score (nSPS) is 21.2. The standard InChI is InChI=1S/C16H23N3O7S/c1-10(2)8-14(15(20)17-13-6-7-26-16(13)21)18-27(24,25)12-5-3-4-11(9-12)19(22)23/h3-5,9-10,13-14,16,18,21H,6-8H2,1-2H3,(H,17,20). The van der Waals surface area contributed by atoms with Crippen LogP contribution in [0.25, 0.3) is 0 Å². The van der Waals surface area contributed by atoms with Gasteiger partial charge < -0.3 is 15.2 Å². The van der Waals surface area contributed by atoms with Gasteiger partial charge in [-0.15, -0.1) is 0 Å². The average molecular weight is 401 g/mol. The number of nitro groups is 1. The van der Waals surface area contributed by atoms with Crippen LogP contribution in [0.5, 0.6) is 0 Å². The molecule has 0 aliphatic carbocycles. The summed E-state index contributed by atoms with van der Waals surface area (Å²) in [6.45, 7) is 3.95. The molecule has 2 rings (SSSR count). The van der Waals surface area contributed by atoms with E-state index >= 15 is 0 Å². The van der Waals surface area contributed by atoms with Crippen LogP contribution >= 0.6 is 0 Å². The number of non-ortho nitro benzene ring substituents is 1. The Bertz CT molecular complexity index is 797. The number of rotatable bonds is 8. The van der Waals surface area contributed by atoms with Crippen molar-refractivity contribution in [2.45, 2.75) is 50.0 Å². The number of sulfonamides is 1. The van der Waals surface area contributed by atoms with E-state index in [0.717, 1.165) is 6.07 Å². The molecule has 1 amide bonds. The summed E-state index contributed by atoms with van der Waals surface area (Å²) in [7, 11) is -4.16. The fourth-order valence-electron chi connectivity index (χ4n) is 2.70. The molecule has 1 heterocycles. The van der Waals surface area contributed by atoms with Crippen molar-refractivity contribution >= 4 is 21.6 Å². The van der Waals surface area contributed by atoms with Gasteiger partial charge in [0.15, 0.2) is 6.29 Å². The third-order valence-corrected chi connectivity index (χ3v) is 5.52. The number of hydrogen-bond donors (Lipinski definition) is 3. The number of nitrogens with zero attached hydrogens (tertiary/aromatic N) is 1. The summed E-state index contributed by atoms with van der Waals surface area (Å²) >= 11 is 0. The maximum absolute atomic E-state index is 12.6. The van der Waals surface area contributed by atoms with Crippen LogP contribution in [-0.4, -0.2) is 49.3 Å². The second-order valence-electron chi connectivity index (χ2n) is 6.72. The molecule has 10 nitrogen and oxygen atoms in total.